The van der Waals surface area contributed by atoms with Crippen LogP contribution in [0.5, 0.6) is 5.75 Å². The molecule has 0 atom stereocenters. The third-order valence-electron chi connectivity index (χ3n) is 4.91. The summed E-state index contributed by atoms with van der Waals surface area (Å²) in [5.41, 5.74) is 0.373. The molecule has 2 aliphatic rings. The van der Waals surface area contributed by atoms with Crippen molar-refractivity contribution >= 4 is 27.7 Å². The van der Waals surface area contributed by atoms with Crippen molar-refractivity contribution in [2.24, 2.45) is 0 Å². The van der Waals surface area contributed by atoms with Crippen LogP contribution in [0.2, 0.25) is 0 Å². The average Bonchev–Trinajstić information content (AvgIpc) is 3.13. The molecule has 2 heterocycles. The van der Waals surface area contributed by atoms with Crippen LogP contribution in [0.3, 0.4) is 0 Å². The maximum atomic E-state index is 13.1. The summed E-state index contributed by atoms with van der Waals surface area (Å²) in [7, 11) is -3.72. The Morgan fingerprint density at radius 2 is 1.97 bits per heavy atom. The third-order valence-corrected chi connectivity index (χ3v) is 6.83. The van der Waals surface area contributed by atoms with Crippen molar-refractivity contribution < 1.29 is 27.5 Å². The van der Waals surface area contributed by atoms with Gasteiger partial charge in [-0.2, -0.15) is 4.31 Å². The van der Waals surface area contributed by atoms with E-state index in [0.29, 0.717) is 38.5 Å². The fourth-order valence-electron chi connectivity index (χ4n) is 3.40. The van der Waals surface area contributed by atoms with Crippen molar-refractivity contribution in [2.45, 2.75) is 37.5 Å². The van der Waals surface area contributed by atoms with Crippen LogP contribution in [0.4, 0.5) is 10.5 Å². The molecular weight excluding hydrogens is 398 g/mol. The summed E-state index contributed by atoms with van der Waals surface area (Å²) in [5, 5.41) is 2.71. The molecule has 0 unspecified atom stereocenters. The van der Waals surface area contributed by atoms with E-state index in [1.807, 2.05) is 0 Å². The van der Waals surface area contributed by atoms with Crippen molar-refractivity contribution in [1.29, 1.82) is 0 Å². The molecule has 2 saturated heterocycles. The number of hydrogen-bond donors (Lipinski definition) is 1. The Bertz CT molecular complexity index is 852. The van der Waals surface area contributed by atoms with Gasteiger partial charge in [-0.3, -0.25) is 4.79 Å². The lowest BCUT2D eigenvalue weighted by Gasteiger charge is -2.27. The summed E-state index contributed by atoms with van der Waals surface area (Å²) in [6, 6.07) is 4.62. The molecule has 0 bridgehead atoms. The fraction of sp³-hybridized carbons (Fsp3) is 0.579. The van der Waals surface area contributed by atoms with E-state index in [-0.39, 0.29) is 29.5 Å². The number of nitrogens with zero attached hydrogens (tertiary/aromatic N) is 2. The van der Waals surface area contributed by atoms with Crippen LogP contribution in [0.1, 0.15) is 32.6 Å². The zero-order valence-corrected chi connectivity index (χ0v) is 17.4. The summed E-state index contributed by atoms with van der Waals surface area (Å²) in [4.78, 5) is 25.2. The minimum absolute atomic E-state index is 0.0576. The molecule has 1 aromatic rings. The number of nitrogens with one attached hydrogen (secondary N) is 1. The van der Waals surface area contributed by atoms with Crippen LogP contribution in [0, 0.1) is 0 Å². The van der Waals surface area contributed by atoms with E-state index >= 15 is 0 Å². The summed E-state index contributed by atoms with van der Waals surface area (Å²) in [6.45, 7) is 4.13. The van der Waals surface area contributed by atoms with Gasteiger partial charge in [-0.05, 0) is 38.0 Å². The number of hydrogen-bond acceptors (Lipinski definition) is 6. The second-order valence-corrected chi connectivity index (χ2v) is 8.87. The van der Waals surface area contributed by atoms with E-state index in [9.17, 15) is 18.0 Å². The van der Waals surface area contributed by atoms with Gasteiger partial charge in [0.2, 0.25) is 15.9 Å². The van der Waals surface area contributed by atoms with Crippen LogP contribution >= 0.6 is 0 Å². The van der Waals surface area contributed by atoms with Crippen LogP contribution in [-0.2, 0) is 19.6 Å². The normalized spacial score (nSPS) is 17.8. The van der Waals surface area contributed by atoms with E-state index in [1.165, 1.54) is 15.3 Å². The van der Waals surface area contributed by atoms with E-state index in [2.05, 4.69) is 5.32 Å². The van der Waals surface area contributed by atoms with Gasteiger partial charge in [-0.25, -0.2) is 13.2 Å². The quantitative estimate of drug-likeness (QED) is 0.683. The minimum Gasteiger partial charge on any atom is -0.492 e. The number of carbonyl (C=O) groups is 2. The Labute approximate surface area is 171 Å². The first kappa shape index (κ1) is 21.4. The molecule has 160 valence electrons. The van der Waals surface area contributed by atoms with E-state index in [4.69, 9.17) is 9.47 Å². The summed E-state index contributed by atoms with van der Waals surface area (Å²) < 4.78 is 38.1. The first-order valence-corrected chi connectivity index (χ1v) is 11.3. The second-order valence-electron chi connectivity index (χ2n) is 6.96. The smallest absolute Gasteiger partial charge is 0.409 e. The molecule has 3 rings (SSSR count). The fourth-order valence-corrected chi connectivity index (χ4v) is 5.07. The highest BCUT2D eigenvalue weighted by Crippen LogP contribution is 2.31. The van der Waals surface area contributed by atoms with Crippen LogP contribution in [0.15, 0.2) is 23.1 Å². The molecule has 0 radical (unpaired) electrons. The highest BCUT2D eigenvalue weighted by Gasteiger charge is 2.29. The monoisotopic (exact) mass is 425 g/mol. The van der Waals surface area contributed by atoms with Crippen molar-refractivity contribution in [2.75, 3.05) is 44.7 Å². The molecule has 0 spiro atoms. The van der Waals surface area contributed by atoms with Gasteiger partial charge in [0.05, 0.1) is 13.2 Å². The predicted molar refractivity (Wildman–Crippen MR) is 106 cm³/mol. The molecule has 0 saturated carbocycles. The first-order chi connectivity index (χ1) is 13.9. The lowest BCUT2D eigenvalue weighted by molar-refractivity contribution is -0.116. The number of ether oxygens (including phenoxy) is 2. The molecule has 9 nitrogen and oxygen atoms in total. The minimum atomic E-state index is -3.72. The van der Waals surface area contributed by atoms with Crippen molar-refractivity contribution in [3.63, 3.8) is 0 Å². The number of benzene rings is 1. The van der Waals surface area contributed by atoms with Crippen LogP contribution < -0.4 is 10.1 Å². The van der Waals surface area contributed by atoms with E-state index in [0.717, 1.165) is 19.3 Å². The molecule has 1 N–H and O–H groups in total. The molecule has 0 aromatic heterocycles. The number of carbonyl (C=O) groups excluding carboxylic acids is 2. The Balaban J connectivity index is 1.73. The average molecular weight is 426 g/mol. The van der Waals surface area contributed by atoms with Gasteiger partial charge in [0.25, 0.3) is 0 Å². The maximum absolute atomic E-state index is 13.1. The summed E-state index contributed by atoms with van der Waals surface area (Å²) >= 11 is 0. The van der Waals surface area contributed by atoms with Gasteiger partial charge in [-0.15, -0.1) is 0 Å². The summed E-state index contributed by atoms with van der Waals surface area (Å²) in [5.74, 6) is -0.0361. The number of amides is 2. The highest BCUT2D eigenvalue weighted by molar-refractivity contribution is 7.89. The molecule has 2 amide bonds. The molecule has 2 aliphatic heterocycles. The van der Waals surface area contributed by atoms with E-state index in [1.54, 1.807) is 19.1 Å². The van der Waals surface area contributed by atoms with Crippen LogP contribution in [-0.4, -0.2) is 69.0 Å². The number of anilines is 1. The Morgan fingerprint density at radius 3 is 2.62 bits per heavy atom. The lowest BCUT2D eigenvalue weighted by Crippen LogP contribution is -2.35. The number of rotatable bonds is 8. The molecule has 29 heavy (non-hydrogen) atoms. The van der Waals surface area contributed by atoms with Crippen molar-refractivity contribution in [1.82, 2.24) is 9.21 Å². The second kappa shape index (κ2) is 9.45. The summed E-state index contributed by atoms with van der Waals surface area (Å²) in [6.07, 6.45) is 2.35. The zero-order valence-electron chi connectivity index (χ0n) is 16.6. The van der Waals surface area contributed by atoms with Gasteiger partial charge in [-0.1, -0.05) is 6.42 Å². The largest absolute Gasteiger partial charge is 0.492 e. The topological polar surface area (TPSA) is 105 Å². The van der Waals surface area contributed by atoms with Gasteiger partial charge < -0.3 is 19.7 Å². The van der Waals surface area contributed by atoms with Gasteiger partial charge >= 0.3 is 6.09 Å². The molecule has 1 aromatic carbocycles. The lowest BCUT2D eigenvalue weighted by atomic mass is 10.2. The third kappa shape index (κ3) is 5.18. The standard InChI is InChI=1S/C19H27N3O6S/c1-2-27-16-7-6-15(20-18(23)8-11-21-12-13-28-19(21)24)14-17(16)29(25,26)22-9-4-3-5-10-22/h6-7,14H,2-5,8-13H2,1H3,(H,20,23). The molecular formula is C19H27N3O6S. The van der Waals surface area contributed by atoms with Crippen molar-refractivity contribution in [3.8, 4) is 5.75 Å². The highest BCUT2D eigenvalue weighted by atomic mass is 32.2. The number of piperidine rings is 1. The Morgan fingerprint density at radius 1 is 1.21 bits per heavy atom. The number of cyclic esters (lactones) is 1. The molecule has 10 heteroatoms. The maximum Gasteiger partial charge on any atom is 0.409 e. The van der Waals surface area contributed by atoms with Gasteiger partial charge in [0, 0.05) is 31.7 Å². The van der Waals surface area contributed by atoms with Crippen molar-refractivity contribution in [3.05, 3.63) is 18.2 Å². The Hall–Kier alpha value is -2.33. The zero-order chi connectivity index (χ0) is 20.9. The van der Waals surface area contributed by atoms with Gasteiger partial charge in [0.15, 0.2) is 0 Å². The predicted octanol–water partition coefficient (Wildman–Crippen LogP) is 2.04. The van der Waals surface area contributed by atoms with Crippen LogP contribution in [0.25, 0.3) is 0 Å². The first-order valence-electron chi connectivity index (χ1n) is 9.90. The molecule has 2 fully saturated rings. The van der Waals surface area contributed by atoms with Gasteiger partial charge in [0.1, 0.15) is 17.3 Å². The SMILES string of the molecule is CCOc1ccc(NC(=O)CCN2CCOC2=O)cc1S(=O)(=O)N1CCCCC1. The van der Waals surface area contributed by atoms with E-state index < -0.39 is 16.1 Å². The number of sulfonamides is 1. The Kier molecular flexibility index (Phi) is 6.96. The molecule has 0 aliphatic carbocycles.